The molecule has 9 heteroatoms. The number of benzene rings is 1. The molecule has 1 aromatic heterocycles. The number of nitro groups is 1. The fourth-order valence-electron chi connectivity index (χ4n) is 1.20. The standard InChI is InChI=1S/C8H5BrClN5O2/c9-5-1-3-6(4-2-5)14-8(11-12-13-14)7(10)15(16)17/h1-4,7H. The van der Waals surface area contributed by atoms with Gasteiger partial charge in [0.1, 0.15) is 0 Å². The molecule has 0 spiro atoms. The second-order valence-electron chi connectivity index (χ2n) is 3.05. The lowest BCUT2D eigenvalue weighted by Crippen LogP contribution is -2.11. The molecule has 88 valence electrons. The molecule has 0 bridgehead atoms. The van der Waals surface area contributed by atoms with E-state index in [0.717, 1.165) is 4.47 Å². The Morgan fingerprint density at radius 3 is 2.65 bits per heavy atom. The third-order valence-electron chi connectivity index (χ3n) is 1.96. The maximum Gasteiger partial charge on any atom is 0.347 e. The third kappa shape index (κ3) is 2.42. The molecule has 2 rings (SSSR count). The van der Waals surface area contributed by atoms with Gasteiger partial charge in [0.25, 0.3) is 0 Å². The second kappa shape index (κ2) is 4.76. The molecule has 0 amide bonds. The highest BCUT2D eigenvalue weighted by atomic mass is 79.9. The summed E-state index contributed by atoms with van der Waals surface area (Å²) >= 11 is 8.88. The largest absolute Gasteiger partial charge is 0.347 e. The number of hydrogen-bond donors (Lipinski definition) is 0. The van der Waals surface area contributed by atoms with Gasteiger partial charge in [-0.2, -0.15) is 4.68 Å². The quantitative estimate of drug-likeness (QED) is 0.373. The van der Waals surface area contributed by atoms with Crippen molar-refractivity contribution in [3.8, 4) is 5.69 Å². The van der Waals surface area contributed by atoms with Gasteiger partial charge in [0.05, 0.1) is 5.69 Å². The SMILES string of the molecule is O=[N+]([O-])C(Cl)c1nnnn1-c1ccc(Br)cc1. The minimum absolute atomic E-state index is 0.0287. The topological polar surface area (TPSA) is 86.7 Å². The zero-order valence-corrected chi connectivity index (χ0v) is 10.5. The summed E-state index contributed by atoms with van der Waals surface area (Å²) in [4.78, 5) is 9.93. The van der Waals surface area contributed by atoms with Gasteiger partial charge in [-0.15, -0.1) is 5.10 Å². The Morgan fingerprint density at radius 2 is 2.06 bits per heavy atom. The molecule has 7 nitrogen and oxygen atoms in total. The smallest absolute Gasteiger partial charge is 0.262 e. The molecule has 1 aromatic carbocycles. The van der Waals surface area contributed by atoms with E-state index in [2.05, 4.69) is 31.5 Å². The molecule has 0 radical (unpaired) electrons. The van der Waals surface area contributed by atoms with Crippen molar-refractivity contribution < 1.29 is 4.92 Å². The van der Waals surface area contributed by atoms with Crippen LogP contribution in [-0.2, 0) is 0 Å². The van der Waals surface area contributed by atoms with Crippen molar-refractivity contribution in [1.82, 2.24) is 20.2 Å². The van der Waals surface area contributed by atoms with Gasteiger partial charge in [0, 0.05) is 9.40 Å². The summed E-state index contributed by atoms with van der Waals surface area (Å²) in [5.41, 5.74) is -0.880. The number of nitrogens with zero attached hydrogens (tertiary/aromatic N) is 5. The fourth-order valence-corrected chi connectivity index (χ4v) is 1.60. The first-order valence-corrected chi connectivity index (χ1v) is 5.64. The van der Waals surface area contributed by atoms with Crippen molar-refractivity contribution >= 4 is 27.5 Å². The maximum atomic E-state index is 10.6. The monoisotopic (exact) mass is 317 g/mol. The summed E-state index contributed by atoms with van der Waals surface area (Å²) in [6.45, 7) is 0. The Balaban J connectivity index is 2.43. The number of halogens is 2. The van der Waals surface area contributed by atoms with Gasteiger partial charge in [-0.05, 0) is 46.3 Å². The zero-order valence-electron chi connectivity index (χ0n) is 8.20. The highest BCUT2D eigenvalue weighted by Crippen LogP contribution is 2.21. The molecule has 0 saturated heterocycles. The molecule has 1 unspecified atom stereocenters. The van der Waals surface area contributed by atoms with Crippen LogP contribution in [0, 0.1) is 10.1 Å². The van der Waals surface area contributed by atoms with Crippen LogP contribution in [-0.4, -0.2) is 25.1 Å². The van der Waals surface area contributed by atoms with Crippen molar-refractivity contribution in [3.05, 3.63) is 44.7 Å². The lowest BCUT2D eigenvalue weighted by Gasteiger charge is -2.04. The van der Waals surface area contributed by atoms with Crippen LogP contribution in [0.5, 0.6) is 0 Å². The number of rotatable bonds is 3. The average molecular weight is 319 g/mol. The van der Waals surface area contributed by atoms with Gasteiger partial charge in [-0.25, -0.2) is 0 Å². The van der Waals surface area contributed by atoms with E-state index in [1.54, 1.807) is 24.3 Å². The Hall–Kier alpha value is -1.54. The van der Waals surface area contributed by atoms with Crippen LogP contribution < -0.4 is 0 Å². The van der Waals surface area contributed by atoms with Crippen LogP contribution in [0.4, 0.5) is 0 Å². The molecular formula is C8H5BrClN5O2. The fraction of sp³-hybridized carbons (Fsp3) is 0.125. The van der Waals surface area contributed by atoms with E-state index in [-0.39, 0.29) is 5.82 Å². The van der Waals surface area contributed by atoms with Gasteiger partial charge in [0.2, 0.25) is 5.82 Å². The van der Waals surface area contributed by atoms with Crippen LogP contribution in [0.25, 0.3) is 5.69 Å². The number of aromatic nitrogens is 4. The molecule has 0 saturated carbocycles. The van der Waals surface area contributed by atoms with Crippen LogP contribution in [0.2, 0.25) is 0 Å². The maximum absolute atomic E-state index is 10.6. The van der Waals surface area contributed by atoms with Crippen molar-refractivity contribution in [1.29, 1.82) is 0 Å². The Kier molecular flexibility index (Phi) is 3.34. The second-order valence-corrected chi connectivity index (χ2v) is 4.38. The molecule has 0 aliphatic rings. The molecule has 0 N–H and O–H groups in total. The number of hydrogen-bond acceptors (Lipinski definition) is 5. The van der Waals surface area contributed by atoms with Crippen molar-refractivity contribution in [2.45, 2.75) is 5.50 Å². The van der Waals surface area contributed by atoms with E-state index in [9.17, 15) is 10.1 Å². The van der Waals surface area contributed by atoms with E-state index >= 15 is 0 Å². The first-order valence-electron chi connectivity index (χ1n) is 4.41. The van der Waals surface area contributed by atoms with E-state index in [1.165, 1.54) is 4.68 Å². The van der Waals surface area contributed by atoms with E-state index in [1.807, 2.05) is 0 Å². The number of tetrazole rings is 1. The number of alkyl halides is 1. The van der Waals surface area contributed by atoms with E-state index in [0.29, 0.717) is 5.69 Å². The van der Waals surface area contributed by atoms with Crippen molar-refractivity contribution in [3.63, 3.8) is 0 Å². The molecule has 0 aliphatic carbocycles. The van der Waals surface area contributed by atoms with Crippen LogP contribution in [0.15, 0.2) is 28.7 Å². The highest BCUT2D eigenvalue weighted by molar-refractivity contribution is 9.10. The molecule has 1 atom stereocenters. The molecule has 2 aromatic rings. The first kappa shape index (κ1) is 11.9. The van der Waals surface area contributed by atoms with E-state index < -0.39 is 10.4 Å². The minimum atomic E-state index is -1.48. The van der Waals surface area contributed by atoms with Gasteiger partial charge in [-0.3, -0.25) is 10.1 Å². The van der Waals surface area contributed by atoms with Gasteiger partial charge in [0.15, 0.2) is 0 Å². The Labute approximate surface area is 109 Å². The summed E-state index contributed by atoms with van der Waals surface area (Å²) in [5, 5.41) is 21.2. The van der Waals surface area contributed by atoms with Gasteiger partial charge < -0.3 is 0 Å². The van der Waals surface area contributed by atoms with Crippen LogP contribution >= 0.6 is 27.5 Å². The van der Waals surface area contributed by atoms with Gasteiger partial charge in [-0.1, -0.05) is 15.9 Å². The summed E-state index contributed by atoms with van der Waals surface area (Å²) in [5.74, 6) is -0.0287. The third-order valence-corrected chi connectivity index (χ3v) is 2.85. The predicted octanol–water partition coefficient (Wildman–Crippen LogP) is 1.94. The minimum Gasteiger partial charge on any atom is -0.262 e. The Bertz CT molecular complexity index is 543. The Morgan fingerprint density at radius 1 is 1.41 bits per heavy atom. The summed E-state index contributed by atoms with van der Waals surface area (Å²) in [6, 6.07) is 6.98. The summed E-state index contributed by atoms with van der Waals surface area (Å²) in [7, 11) is 0. The van der Waals surface area contributed by atoms with Crippen molar-refractivity contribution in [2.75, 3.05) is 0 Å². The van der Waals surface area contributed by atoms with Crippen LogP contribution in [0.1, 0.15) is 11.3 Å². The van der Waals surface area contributed by atoms with E-state index in [4.69, 9.17) is 11.6 Å². The predicted molar refractivity (Wildman–Crippen MR) is 62.4 cm³/mol. The molecule has 0 fully saturated rings. The highest BCUT2D eigenvalue weighted by Gasteiger charge is 2.27. The molecule has 1 heterocycles. The summed E-state index contributed by atoms with van der Waals surface area (Å²) in [6.07, 6.45) is 0. The van der Waals surface area contributed by atoms with Crippen LogP contribution in [0.3, 0.4) is 0 Å². The lowest BCUT2D eigenvalue weighted by atomic mass is 10.3. The molecule has 17 heavy (non-hydrogen) atoms. The van der Waals surface area contributed by atoms with Crippen molar-refractivity contribution in [2.24, 2.45) is 0 Å². The zero-order chi connectivity index (χ0) is 12.4. The average Bonchev–Trinajstić information content (AvgIpc) is 2.77. The lowest BCUT2D eigenvalue weighted by molar-refractivity contribution is -0.505. The molecule has 0 aliphatic heterocycles. The van der Waals surface area contributed by atoms with Gasteiger partial charge >= 0.3 is 5.50 Å². The normalized spacial score (nSPS) is 12.4. The first-order chi connectivity index (χ1) is 8.09. The molecular weight excluding hydrogens is 313 g/mol. The summed E-state index contributed by atoms with van der Waals surface area (Å²) < 4.78 is 2.11.